The number of fused-ring (bicyclic) bond motifs is 1. The number of carbonyl (C=O) groups is 3. The lowest BCUT2D eigenvalue weighted by molar-refractivity contribution is -0.136. The summed E-state index contributed by atoms with van der Waals surface area (Å²) in [5.41, 5.74) is 2.46. The number of amides is 3. The van der Waals surface area contributed by atoms with Gasteiger partial charge in [0.2, 0.25) is 5.91 Å². The normalized spacial score (nSPS) is 13.5. The number of nitrogens with one attached hydrogen (secondary N) is 2. The molecule has 0 unspecified atom stereocenters. The molecule has 0 fully saturated rings. The van der Waals surface area contributed by atoms with E-state index in [0.29, 0.717) is 18.8 Å². The van der Waals surface area contributed by atoms with E-state index < -0.39 is 11.8 Å². The zero-order valence-electron chi connectivity index (χ0n) is 13.8. The Balaban J connectivity index is 2.06. The molecular formula is C17H23N3O3. The van der Waals surface area contributed by atoms with Gasteiger partial charge in [-0.15, -0.1) is 0 Å². The fourth-order valence-corrected chi connectivity index (χ4v) is 2.57. The van der Waals surface area contributed by atoms with E-state index in [9.17, 15) is 14.4 Å². The summed E-state index contributed by atoms with van der Waals surface area (Å²) >= 11 is 0. The highest BCUT2D eigenvalue weighted by molar-refractivity contribution is 6.39. The molecule has 1 aromatic rings. The highest BCUT2D eigenvalue weighted by Crippen LogP contribution is 2.29. The van der Waals surface area contributed by atoms with Gasteiger partial charge in [0.1, 0.15) is 0 Å². The first-order valence-electron chi connectivity index (χ1n) is 7.88. The minimum atomic E-state index is -0.676. The van der Waals surface area contributed by atoms with Crippen LogP contribution in [-0.4, -0.2) is 30.8 Å². The van der Waals surface area contributed by atoms with E-state index >= 15 is 0 Å². The van der Waals surface area contributed by atoms with Crippen LogP contribution in [0.3, 0.4) is 0 Å². The summed E-state index contributed by atoms with van der Waals surface area (Å²) in [5, 5.41) is 5.19. The molecule has 0 spiro atoms. The van der Waals surface area contributed by atoms with Crippen molar-refractivity contribution in [1.82, 2.24) is 5.32 Å². The molecule has 0 saturated heterocycles. The molecule has 23 heavy (non-hydrogen) atoms. The Morgan fingerprint density at radius 1 is 1.22 bits per heavy atom. The molecule has 1 heterocycles. The number of anilines is 2. The van der Waals surface area contributed by atoms with Crippen molar-refractivity contribution in [2.45, 2.75) is 33.6 Å². The zero-order valence-corrected chi connectivity index (χ0v) is 13.8. The summed E-state index contributed by atoms with van der Waals surface area (Å²) in [7, 11) is 0. The molecule has 0 bridgehead atoms. The van der Waals surface area contributed by atoms with Crippen LogP contribution in [0.5, 0.6) is 0 Å². The Kier molecular flexibility index (Phi) is 5.36. The minimum Gasteiger partial charge on any atom is -0.348 e. The van der Waals surface area contributed by atoms with Crippen molar-refractivity contribution >= 4 is 29.1 Å². The highest BCUT2D eigenvalue weighted by atomic mass is 16.2. The van der Waals surface area contributed by atoms with Gasteiger partial charge in [-0.1, -0.05) is 13.8 Å². The topological polar surface area (TPSA) is 78.5 Å². The third-order valence-corrected chi connectivity index (χ3v) is 3.71. The lowest BCUT2D eigenvalue weighted by atomic mass is 10.0. The van der Waals surface area contributed by atoms with Gasteiger partial charge in [0.25, 0.3) is 0 Å². The summed E-state index contributed by atoms with van der Waals surface area (Å²) in [5.74, 6) is -1.02. The van der Waals surface area contributed by atoms with Crippen molar-refractivity contribution in [2.24, 2.45) is 5.92 Å². The predicted octanol–water partition coefficient (Wildman–Crippen LogP) is 1.70. The van der Waals surface area contributed by atoms with Gasteiger partial charge in [-0.25, -0.2) is 0 Å². The molecule has 1 aliphatic rings. The fraction of sp³-hybridized carbons (Fsp3) is 0.471. The number of nitrogens with zero attached hydrogens (tertiary/aromatic N) is 1. The summed E-state index contributed by atoms with van der Waals surface area (Å²) in [6.07, 6.45) is 1.74. The maximum absolute atomic E-state index is 11.9. The van der Waals surface area contributed by atoms with Gasteiger partial charge in [0.05, 0.1) is 0 Å². The molecule has 0 aromatic heterocycles. The highest BCUT2D eigenvalue weighted by Gasteiger charge is 2.21. The van der Waals surface area contributed by atoms with E-state index in [2.05, 4.69) is 10.6 Å². The number of rotatable bonds is 3. The molecule has 0 aliphatic carbocycles. The molecule has 3 amide bonds. The van der Waals surface area contributed by atoms with Crippen molar-refractivity contribution in [1.29, 1.82) is 0 Å². The maximum Gasteiger partial charge on any atom is 0.313 e. The summed E-state index contributed by atoms with van der Waals surface area (Å²) < 4.78 is 0. The molecule has 2 rings (SSSR count). The Hall–Kier alpha value is -2.37. The van der Waals surface area contributed by atoms with Crippen LogP contribution in [0.15, 0.2) is 18.2 Å². The smallest absolute Gasteiger partial charge is 0.313 e. The molecule has 6 nitrogen and oxygen atoms in total. The maximum atomic E-state index is 11.9. The predicted molar refractivity (Wildman–Crippen MR) is 89.3 cm³/mol. The van der Waals surface area contributed by atoms with E-state index in [0.717, 1.165) is 24.1 Å². The SMILES string of the molecule is CC(=O)N1CCCc2cc(NC(=O)C(=O)NCC(C)C)ccc21. The van der Waals surface area contributed by atoms with Crippen molar-refractivity contribution in [3.63, 3.8) is 0 Å². The molecule has 124 valence electrons. The second kappa shape index (κ2) is 7.26. The molecule has 1 aromatic carbocycles. The van der Waals surface area contributed by atoms with Gasteiger partial charge in [-0.05, 0) is 42.5 Å². The molecule has 0 radical (unpaired) electrons. The van der Waals surface area contributed by atoms with Gasteiger partial charge < -0.3 is 15.5 Å². The van der Waals surface area contributed by atoms with Crippen LogP contribution in [0.1, 0.15) is 32.8 Å². The monoisotopic (exact) mass is 317 g/mol. The van der Waals surface area contributed by atoms with E-state index in [-0.39, 0.29) is 11.8 Å². The first-order chi connectivity index (χ1) is 10.9. The lowest BCUT2D eigenvalue weighted by Crippen LogP contribution is -2.37. The van der Waals surface area contributed by atoms with Crippen LogP contribution in [0.4, 0.5) is 11.4 Å². The fourth-order valence-electron chi connectivity index (χ4n) is 2.57. The number of hydrogen-bond donors (Lipinski definition) is 2. The van der Waals surface area contributed by atoms with Gasteiger partial charge in [0, 0.05) is 31.4 Å². The summed E-state index contributed by atoms with van der Waals surface area (Å²) in [4.78, 5) is 37.0. The van der Waals surface area contributed by atoms with E-state index in [4.69, 9.17) is 0 Å². The van der Waals surface area contributed by atoms with Crippen molar-refractivity contribution in [2.75, 3.05) is 23.3 Å². The van der Waals surface area contributed by atoms with Crippen LogP contribution in [0, 0.1) is 5.92 Å². The molecule has 6 heteroatoms. The lowest BCUT2D eigenvalue weighted by Gasteiger charge is -2.28. The van der Waals surface area contributed by atoms with Crippen molar-refractivity contribution in [3.8, 4) is 0 Å². The average molecular weight is 317 g/mol. The van der Waals surface area contributed by atoms with Crippen molar-refractivity contribution < 1.29 is 14.4 Å². The van der Waals surface area contributed by atoms with Crippen LogP contribution >= 0.6 is 0 Å². The Bertz CT molecular complexity index is 626. The Morgan fingerprint density at radius 3 is 2.61 bits per heavy atom. The first kappa shape index (κ1) is 17.0. The minimum absolute atomic E-state index is 0.01000. The third kappa shape index (κ3) is 4.31. The second-order valence-electron chi connectivity index (χ2n) is 6.18. The van der Waals surface area contributed by atoms with Gasteiger partial charge in [0.15, 0.2) is 0 Å². The van der Waals surface area contributed by atoms with E-state index in [1.165, 1.54) is 0 Å². The number of aryl methyl sites for hydroxylation is 1. The van der Waals surface area contributed by atoms with E-state index in [1.807, 2.05) is 26.0 Å². The van der Waals surface area contributed by atoms with Gasteiger partial charge in [-0.2, -0.15) is 0 Å². The van der Waals surface area contributed by atoms with E-state index in [1.54, 1.807) is 17.9 Å². The van der Waals surface area contributed by atoms with Gasteiger partial charge >= 0.3 is 11.8 Å². The quantitative estimate of drug-likeness (QED) is 0.833. The number of benzene rings is 1. The molecule has 0 atom stereocenters. The van der Waals surface area contributed by atoms with Crippen LogP contribution in [-0.2, 0) is 20.8 Å². The summed E-state index contributed by atoms with van der Waals surface area (Å²) in [6, 6.07) is 5.36. The molecule has 2 N–H and O–H groups in total. The second-order valence-corrected chi connectivity index (χ2v) is 6.18. The molecular weight excluding hydrogens is 294 g/mol. The first-order valence-corrected chi connectivity index (χ1v) is 7.88. The standard InChI is InChI=1S/C17H23N3O3/c1-11(2)10-18-16(22)17(23)19-14-6-7-15-13(9-14)5-4-8-20(15)12(3)21/h6-7,9,11H,4-5,8,10H2,1-3H3,(H,18,22)(H,19,23). The van der Waals surface area contributed by atoms with Gasteiger partial charge in [-0.3, -0.25) is 14.4 Å². The average Bonchev–Trinajstić information content (AvgIpc) is 2.51. The zero-order chi connectivity index (χ0) is 17.0. The number of carbonyl (C=O) groups excluding carboxylic acids is 3. The largest absolute Gasteiger partial charge is 0.348 e. The molecule has 1 aliphatic heterocycles. The number of hydrogen-bond acceptors (Lipinski definition) is 3. The van der Waals surface area contributed by atoms with Crippen molar-refractivity contribution in [3.05, 3.63) is 23.8 Å². The summed E-state index contributed by atoms with van der Waals surface area (Å²) in [6.45, 7) is 6.64. The van der Waals surface area contributed by atoms with Crippen LogP contribution < -0.4 is 15.5 Å². The van der Waals surface area contributed by atoms with Crippen LogP contribution in [0.2, 0.25) is 0 Å². The van der Waals surface area contributed by atoms with Crippen LogP contribution in [0.25, 0.3) is 0 Å². The Morgan fingerprint density at radius 2 is 1.96 bits per heavy atom. The Labute approximate surface area is 136 Å². The third-order valence-electron chi connectivity index (χ3n) is 3.71. The molecule has 0 saturated carbocycles.